The van der Waals surface area contributed by atoms with Crippen LogP contribution in [0.4, 0.5) is 0 Å². The van der Waals surface area contributed by atoms with Crippen LogP contribution in [0.2, 0.25) is 0 Å². The quantitative estimate of drug-likeness (QED) is 0.518. The molecular formula is C20H35N7O2. The molecule has 3 rings (SSSR count). The van der Waals surface area contributed by atoms with Crippen molar-refractivity contribution in [1.82, 2.24) is 30.3 Å². The lowest BCUT2D eigenvalue weighted by Crippen LogP contribution is -2.48. The summed E-state index contributed by atoms with van der Waals surface area (Å²) >= 11 is 0. The highest BCUT2D eigenvalue weighted by molar-refractivity contribution is 5.84. The van der Waals surface area contributed by atoms with E-state index in [1.165, 1.54) is 0 Å². The number of rotatable bonds is 7. The van der Waals surface area contributed by atoms with Gasteiger partial charge in [0.25, 0.3) is 0 Å². The summed E-state index contributed by atoms with van der Waals surface area (Å²) in [6.45, 7) is 4.54. The second kappa shape index (κ2) is 9.56. The lowest BCUT2D eigenvalue weighted by molar-refractivity contribution is -0.138. The van der Waals surface area contributed by atoms with Crippen LogP contribution < -0.4 is 10.6 Å². The molecule has 1 saturated carbocycles. The summed E-state index contributed by atoms with van der Waals surface area (Å²) in [5, 5.41) is 11.4. The Morgan fingerprint density at radius 1 is 1.38 bits per heavy atom. The number of nitrogens with one attached hydrogen (secondary N) is 2. The minimum absolute atomic E-state index is 0.199. The van der Waals surface area contributed by atoms with Gasteiger partial charge in [-0.1, -0.05) is 12.8 Å². The molecule has 1 aliphatic heterocycles. The molecule has 29 heavy (non-hydrogen) atoms. The number of hydrogen-bond donors (Lipinski definition) is 2. The van der Waals surface area contributed by atoms with Gasteiger partial charge in [-0.05, 0) is 26.2 Å². The number of fused-ring (bicyclic) bond motifs is 1. The smallest absolute Gasteiger partial charge is 0.230 e. The van der Waals surface area contributed by atoms with Crippen LogP contribution in [-0.2, 0) is 29.1 Å². The monoisotopic (exact) mass is 405 g/mol. The third-order valence-electron chi connectivity index (χ3n) is 5.82. The summed E-state index contributed by atoms with van der Waals surface area (Å²) in [6, 6.07) is 0.224. The number of carbonyl (C=O) groups excluding carboxylic acids is 1. The Morgan fingerprint density at radius 2 is 2.14 bits per heavy atom. The second-order valence-corrected chi connectivity index (χ2v) is 8.32. The number of methoxy groups -OCH3 is 1. The van der Waals surface area contributed by atoms with Crippen LogP contribution in [0, 0.1) is 5.41 Å². The minimum Gasteiger partial charge on any atom is -0.377 e. The average molecular weight is 406 g/mol. The molecule has 9 heteroatoms. The highest BCUT2D eigenvalue weighted by atomic mass is 16.5. The molecule has 0 aromatic carbocycles. The van der Waals surface area contributed by atoms with Gasteiger partial charge in [-0.3, -0.25) is 9.79 Å². The van der Waals surface area contributed by atoms with E-state index >= 15 is 0 Å². The zero-order valence-corrected chi connectivity index (χ0v) is 18.2. The number of ether oxygens (including phenoxy) is 1. The molecule has 1 aromatic heterocycles. The van der Waals surface area contributed by atoms with E-state index in [4.69, 9.17) is 9.73 Å². The predicted octanol–water partition coefficient (Wildman–Crippen LogP) is 0.943. The Hall–Kier alpha value is -2.16. The Bertz CT molecular complexity index is 722. The standard InChI is InChI=1S/C20H35N7O2/c1-5-21-19(22-14-20(10-6-7-11-20)18(28)26(2)3)23-15-8-9-17-24-16(13-29-4)25-27(17)12-15/h15H,5-14H2,1-4H3,(H2,21,22,23). The van der Waals surface area contributed by atoms with E-state index in [2.05, 4.69) is 27.6 Å². The van der Waals surface area contributed by atoms with Crippen LogP contribution in [0.5, 0.6) is 0 Å². The molecule has 2 heterocycles. The first-order chi connectivity index (χ1) is 14.0. The fourth-order valence-corrected chi connectivity index (χ4v) is 4.38. The van der Waals surface area contributed by atoms with Crippen molar-refractivity contribution < 1.29 is 9.53 Å². The molecule has 0 saturated heterocycles. The number of aromatic nitrogens is 3. The molecule has 1 unspecified atom stereocenters. The number of nitrogens with zero attached hydrogens (tertiary/aromatic N) is 5. The molecule has 1 atom stereocenters. The summed E-state index contributed by atoms with van der Waals surface area (Å²) in [4.78, 5) is 23.9. The number of carbonyl (C=O) groups is 1. The lowest BCUT2D eigenvalue weighted by Gasteiger charge is -2.30. The van der Waals surface area contributed by atoms with Crippen molar-refractivity contribution in [2.45, 2.75) is 64.6 Å². The number of aryl methyl sites for hydroxylation is 1. The third-order valence-corrected chi connectivity index (χ3v) is 5.82. The van der Waals surface area contributed by atoms with Gasteiger partial charge in [0.15, 0.2) is 11.8 Å². The van der Waals surface area contributed by atoms with Gasteiger partial charge in [0.1, 0.15) is 12.4 Å². The predicted molar refractivity (Wildman–Crippen MR) is 112 cm³/mol. The maximum absolute atomic E-state index is 12.8. The van der Waals surface area contributed by atoms with E-state index in [1.54, 1.807) is 12.0 Å². The van der Waals surface area contributed by atoms with E-state index in [0.29, 0.717) is 13.2 Å². The first-order valence-corrected chi connectivity index (χ1v) is 10.7. The van der Waals surface area contributed by atoms with Crippen LogP contribution >= 0.6 is 0 Å². The van der Waals surface area contributed by atoms with Crippen LogP contribution in [0.25, 0.3) is 0 Å². The fourth-order valence-electron chi connectivity index (χ4n) is 4.38. The highest BCUT2D eigenvalue weighted by Gasteiger charge is 2.42. The number of hydrogen-bond acceptors (Lipinski definition) is 5. The van der Waals surface area contributed by atoms with Crippen LogP contribution in [-0.4, -0.2) is 71.9 Å². The second-order valence-electron chi connectivity index (χ2n) is 8.32. The summed E-state index contributed by atoms with van der Waals surface area (Å²) in [7, 11) is 5.33. The number of aliphatic imine (C=N–C) groups is 1. The first-order valence-electron chi connectivity index (χ1n) is 10.7. The van der Waals surface area contributed by atoms with Crippen molar-refractivity contribution in [3.63, 3.8) is 0 Å². The maximum atomic E-state index is 12.8. The summed E-state index contributed by atoms with van der Waals surface area (Å²) in [5.74, 6) is 2.72. The zero-order valence-electron chi connectivity index (χ0n) is 18.2. The first kappa shape index (κ1) is 21.5. The summed E-state index contributed by atoms with van der Waals surface area (Å²) < 4.78 is 7.11. The number of guanidine groups is 1. The molecule has 2 aliphatic rings. The van der Waals surface area contributed by atoms with Gasteiger partial charge in [-0.15, -0.1) is 0 Å². The van der Waals surface area contributed by atoms with Crippen LogP contribution in [0.15, 0.2) is 4.99 Å². The molecule has 1 aliphatic carbocycles. The van der Waals surface area contributed by atoms with E-state index < -0.39 is 0 Å². The Balaban J connectivity index is 1.67. The van der Waals surface area contributed by atoms with Crippen molar-refractivity contribution in [2.24, 2.45) is 10.4 Å². The van der Waals surface area contributed by atoms with E-state index in [-0.39, 0.29) is 17.4 Å². The topological polar surface area (TPSA) is 96.7 Å². The van der Waals surface area contributed by atoms with Crippen molar-refractivity contribution in [1.29, 1.82) is 0 Å². The highest BCUT2D eigenvalue weighted by Crippen LogP contribution is 2.39. The van der Waals surface area contributed by atoms with Gasteiger partial charge >= 0.3 is 0 Å². The molecule has 9 nitrogen and oxygen atoms in total. The maximum Gasteiger partial charge on any atom is 0.230 e. The lowest BCUT2D eigenvalue weighted by atomic mass is 9.85. The molecule has 1 fully saturated rings. The van der Waals surface area contributed by atoms with Crippen LogP contribution in [0.1, 0.15) is 50.7 Å². The van der Waals surface area contributed by atoms with Gasteiger partial charge in [-0.2, -0.15) is 5.10 Å². The average Bonchev–Trinajstić information content (AvgIpc) is 3.33. The normalized spacial score (nSPS) is 21.0. The van der Waals surface area contributed by atoms with Crippen molar-refractivity contribution in [2.75, 3.05) is 34.3 Å². The zero-order chi connectivity index (χ0) is 20.9. The van der Waals surface area contributed by atoms with E-state index in [0.717, 1.165) is 69.2 Å². The van der Waals surface area contributed by atoms with Gasteiger partial charge in [0.2, 0.25) is 5.91 Å². The van der Waals surface area contributed by atoms with Crippen LogP contribution in [0.3, 0.4) is 0 Å². The molecule has 1 amide bonds. The van der Waals surface area contributed by atoms with Crippen molar-refractivity contribution in [3.8, 4) is 0 Å². The molecule has 0 radical (unpaired) electrons. The largest absolute Gasteiger partial charge is 0.377 e. The molecule has 0 spiro atoms. The molecule has 0 bridgehead atoms. The van der Waals surface area contributed by atoms with E-state index in [1.807, 2.05) is 18.8 Å². The van der Waals surface area contributed by atoms with E-state index in [9.17, 15) is 4.79 Å². The summed E-state index contributed by atoms with van der Waals surface area (Å²) in [6.07, 6.45) is 5.87. The third kappa shape index (κ3) is 5.07. The molecule has 162 valence electrons. The Morgan fingerprint density at radius 3 is 2.79 bits per heavy atom. The molecule has 1 aromatic rings. The Kier molecular flexibility index (Phi) is 7.10. The SMILES string of the molecule is CCNC(=NCC1(C(=O)N(C)C)CCCC1)NC1CCc2nc(COC)nn2C1. The van der Waals surface area contributed by atoms with Crippen molar-refractivity contribution in [3.05, 3.63) is 11.6 Å². The minimum atomic E-state index is -0.355. The molecular weight excluding hydrogens is 370 g/mol. The molecule has 2 N–H and O–H groups in total. The van der Waals surface area contributed by atoms with Gasteiger partial charge in [-0.25, -0.2) is 9.67 Å². The Labute approximate surface area is 173 Å². The fraction of sp³-hybridized carbons (Fsp3) is 0.800. The van der Waals surface area contributed by atoms with Gasteiger partial charge < -0.3 is 20.3 Å². The van der Waals surface area contributed by atoms with Gasteiger partial charge in [0.05, 0.1) is 18.5 Å². The van der Waals surface area contributed by atoms with Gasteiger partial charge in [0, 0.05) is 40.2 Å². The van der Waals surface area contributed by atoms with Crippen molar-refractivity contribution >= 4 is 11.9 Å². The number of amides is 1. The summed E-state index contributed by atoms with van der Waals surface area (Å²) in [5.41, 5.74) is -0.355.